The van der Waals surface area contributed by atoms with Crippen molar-refractivity contribution < 1.29 is 9.53 Å². The first-order valence-corrected chi connectivity index (χ1v) is 8.54. The minimum absolute atomic E-state index is 0.00914. The Labute approximate surface area is 144 Å². The number of amides is 1. The number of carbonyl (C=O) groups is 1. The van der Waals surface area contributed by atoms with Crippen LogP contribution in [0.1, 0.15) is 12.8 Å². The summed E-state index contributed by atoms with van der Waals surface area (Å²) in [6.45, 7) is 2.08. The van der Waals surface area contributed by atoms with Crippen LogP contribution in [0.25, 0.3) is 0 Å². The van der Waals surface area contributed by atoms with Crippen molar-refractivity contribution >= 4 is 33.2 Å². The molecule has 0 bridgehead atoms. The molecule has 4 nitrogen and oxygen atoms in total. The van der Waals surface area contributed by atoms with Crippen LogP contribution in [0.3, 0.4) is 0 Å². The van der Waals surface area contributed by atoms with Crippen molar-refractivity contribution in [2.24, 2.45) is 0 Å². The second kappa shape index (κ2) is 7.51. The molecule has 0 unspecified atom stereocenters. The van der Waals surface area contributed by atoms with Crippen LogP contribution in [0.2, 0.25) is 0 Å². The molecule has 120 valence electrons. The number of nitrogens with zero attached hydrogens (tertiary/aromatic N) is 1. The van der Waals surface area contributed by atoms with Gasteiger partial charge in [0.2, 0.25) is 0 Å². The predicted molar refractivity (Wildman–Crippen MR) is 96.2 cm³/mol. The lowest BCUT2D eigenvalue weighted by Gasteiger charge is -2.21. The van der Waals surface area contributed by atoms with Gasteiger partial charge in [-0.25, -0.2) is 0 Å². The summed E-state index contributed by atoms with van der Waals surface area (Å²) in [6.07, 6.45) is 2.41. The molecule has 1 fully saturated rings. The Balaban J connectivity index is 1.61. The average Bonchev–Trinajstić information content (AvgIpc) is 3.08. The van der Waals surface area contributed by atoms with Crippen molar-refractivity contribution in [2.75, 3.05) is 29.9 Å². The molecule has 5 heteroatoms. The molecule has 0 radical (unpaired) electrons. The number of anilines is 2. The summed E-state index contributed by atoms with van der Waals surface area (Å²) >= 11 is 3.38. The largest absolute Gasteiger partial charge is 0.484 e. The van der Waals surface area contributed by atoms with E-state index in [4.69, 9.17) is 4.74 Å². The Bertz CT molecular complexity index is 684. The Morgan fingerprint density at radius 2 is 1.91 bits per heavy atom. The number of hydrogen-bond donors (Lipinski definition) is 1. The highest BCUT2D eigenvalue weighted by Crippen LogP contribution is 2.28. The predicted octanol–water partition coefficient (Wildman–Crippen LogP) is 4.07. The van der Waals surface area contributed by atoms with Crippen LogP contribution in [0.4, 0.5) is 11.4 Å². The van der Waals surface area contributed by atoms with E-state index in [1.807, 2.05) is 42.5 Å². The summed E-state index contributed by atoms with van der Waals surface area (Å²) in [4.78, 5) is 14.5. The molecule has 0 saturated carbocycles. The van der Waals surface area contributed by atoms with Gasteiger partial charge in [-0.3, -0.25) is 4.79 Å². The molecular weight excluding hydrogens is 356 g/mol. The van der Waals surface area contributed by atoms with Crippen molar-refractivity contribution in [2.45, 2.75) is 12.8 Å². The van der Waals surface area contributed by atoms with Crippen molar-refractivity contribution in [1.29, 1.82) is 0 Å². The summed E-state index contributed by atoms with van der Waals surface area (Å²) in [5.74, 6) is 0.513. The Morgan fingerprint density at radius 1 is 1.13 bits per heavy atom. The summed E-state index contributed by atoms with van der Waals surface area (Å²) in [5, 5.41) is 2.95. The summed E-state index contributed by atoms with van der Waals surface area (Å²) < 4.78 is 6.46. The molecule has 1 amide bonds. The monoisotopic (exact) mass is 374 g/mol. The van der Waals surface area contributed by atoms with E-state index in [0.717, 1.165) is 28.9 Å². The molecule has 3 rings (SSSR count). The first-order valence-electron chi connectivity index (χ1n) is 7.74. The number of halogens is 1. The second-order valence-electron chi connectivity index (χ2n) is 5.51. The average molecular weight is 375 g/mol. The van der Waals surface area contributed by atoms with Crippen LogP contribution in [0, 0.1) is 0 Å². The van der Waals surface area contributed by atoms with Crippen molar-refractivity contribution in [3.8, 4) is 5.75 Å². The molecule has 1 aliphatic heterocycles. The minimum Gasteiger partial charge on any atom is -0.484 e. The fourth-order valence-corrected chi connectivity index (χ4v) is 3.08. The lowest BCUT2D eigenvalue weighted by molar-refractivity contribution is -0.118. The van der Waals surface area contributed by atoms with Crippen LogP contribution in [-0.4, -0.2) is 25.6 Å². The molecule has 1 N–H and O–H groups in total. The van der Waals surface area contributed by atoms with Gasteiger partial charge in [-0.05, 0) is 43.2 Å². The van der Waals surface area contributed by atoms with Gasteiger partial charge < -0.3 is 15.0 Å². The Kier molecular flexibility index (Phi) is 5.18. The van der Waals surface area contributed by atoms with E-state index >= 15 is 0 Å². The normalized spacial score (nSPS) is 13.9. The topological polar surface area (TPSA) is 41.6 Å². The van der Waals surface area contributed by atoms with Crippen LogP contribution in [0.15, 0.2) is 53.0 Å². The zero-order chi connectivity index (χ0) is 16.1. The van der Waals surface area contributed by atoms with Crippen LogP contribution in [-0.2, 0) is 4.79 Å². The summed E-state index contributed by atoms with van der Waals surface area (Å²) in [7, 11) is 0. The van der Waals surface area contributed by atoms with Gasteiger partial charge in [0.15, 0.2) is 6.61 Å². The van der Waals surface area contributed by atoms with Crippen molar-refractivity contribution in [1.82, 2.24) is 0 Å². The molecule has 1 heterocycles. The smallest absolute Gasteiger partial charge is 0.262 e. The van der Waals surface area contributed by atoms with Gasteiger partial charge in [-0.15, -0.1) is 0 Å². The third kappa shape index (κ3) is 4.26. The van der Waals surface area contributed by atoms with Gasteiger partial charge in [0, 0.05) is 17.6 Å². The lowest BCUT2D eigenvalue weighted by Crippen LogP contribution is -2.24. The number of ether oxygens (including phenoxy) is 1. The maximum absolute atomic E-state index is 12.2. The zero-order valence-electron chi connectivity index (χ0n) is 12.8. The van der Waals surface area contributed by atoms with Gasteiger partial charge >= 0.3 is 0 Å². The van der Waals surface area contributed by atoms with Crippen LogP contribution < -0.4 is 15.0 Å². The fourth-order valence-electron chi connectivity index (χ4n) is 2.71. The molecule has 1 saturated heterocycles. The van der Waals surface area contributed by atoms with E-state index in [1.54, 1.807) is 0 Å². The van der Waals surface area contributed by atoms with Crippen LogP contribution >= 0.6 is 15.9 Å². The first-order chi connectivity index (χ1) is 11.2. The summed E-state index contributed by atoms with van der Waals surface area (Å²) in [5.41, 5.74) is 1.93. The van der Waals surface area contributed by atoms with Gasteiger partial charge in [-0.1, -0.05) is 34.1 Å². The second-order valence-corrected chi connectivity index (χ2v) is 6.42. The van der Waals surface area contributed by atoms with Crippen molar-refractivity contribution in [3.63, 3.8) is 0 Å². The summed E-state index contributed by atoms with van der Waals surface area (Å²) in [6, 6.07) is 15.4. The van der Waals surface area contributed by atoms with E-state index in [2.05, 4.69) is 32.2 Å². The molecule has 1 aliphatic rings. The SMILES string of the molecule is O=C(COc1cccc(Br)c1)Nc1ccccc1N1CCCC1. The van der Waals surface area contributed by atoms with E-state index < -0.39 is 0 Å². The molecule has 0 aromatic heterocycles. The van der Waals surface area contributed by atoms with Gasteiger partial charge in [0.05, 0.1) is 11.4 Å². The molecule has 23 heavy (non-hydrogen) atoms. The number of hydrogen-bond acceptors (Lipinski definition) is 3. The Hall–Kier alpha value is -2.01. The quantitative estimate of drug-likeness (QED) is 0.857. The van der Waals surface area contributed by atoms with Gasteiger partial charge in [-0.2, -0.15) is 0 Å². The van der Waals surface area contributed by atoms with Crippen molar-refractivity contribution in [3.05, 3.63) is 53.0 Å². The van der Waals surface area contributed by atoms with Gasteiger partial charge in [0.25, 0.3) is 5.91 Å². The highest BCUT2D eigenvalue weighted by molar-refractivity contribution is 9.10. The number of carbonyl (C=O) groups excluding carboxylic acids is 1. The van der Waals surface area contributed by atoms with Gasteiger partial charge in [0.1, 0.15) is 5.75 Å². The third-order valence-corrected chi connectivity index (χ3v) is 4.28. The molecular formula is C18H19BrN2O2. The van der Waals surface area contributed by atoms with E-state index in [0.29, 0.717) is 5.75 Å². The highest BCUT2D eigenvalue weighted by atomic mass is 79.9. The minimum atomic E-state index is -0.156. The van der Waals surface area contributed by atoms with E-state index in [9.17, 15) is 4.79 Å². The lowest BCUT2D eigenvalue weighted by atomic mass is 10.2. The standard InChI is InChI=1S/C18H19BrN2O2/c19-14-6-5-7-15(12-14)23-13-18(22)20-16-8-1-2-9-17(16)21-10-3-4-11-21/h1-2,5-9,12H,3-4,10-11,13H2,(H,20,22). The third-order valence-electron chi connectivity index (χ3n) is 3.79. The maximum Gasteiger partial charge on any atom is 0.262 e. The maximum atomic E-state index is 12.2. The molecule has 2 aromatic rings. The van der Waals surface area contributed by atoms with Crippen LogP contribution in [0.5, 0.6) is 5.75 Å². The number of para-hydroxylation sites is 2. The number of benzene rings is 2. The number of nitrogens with one attached hydrogen (secondary N) is 1. The van der Waals surface area contributed by atoms with E-state index in [-0.39, 0.29) is 12.5 Å². The number of rotatable bonds is 5. The molecule has 0 spiro atoms. The highest BCUT2D eigenvalue weighted by Gasteiger charge is 2.16. The molecule has 0 atom stereocenters. The van der Waals surface area contributed by atoms with E-state index in [1.165, 1.54) is 12.8 Å². The zero-order valence-corrected chi connectivity index (χ0v) is 14.4. The first kappa shape index (κ1) is 15.9. The fraction of sp³-hybridized carbons (Fsp3) is 0.278. The molecule has 2 aromatic carbocycles. The Morgan fingerprint density at radius 3 is 2.70 bits per heavy atom. The molecule has 0 aliphatic carbocycles.